The lowest BCUT2D eigenvalue weighted by molar-refractivity contribution is -0.136. The lowest BCUT2D eigenvalue weighted by Crippen LogP contribution is -2.03. The van der Waals surface area contributed by atoms with Crippen molar-refractivity contribution in [2.45, 2.75) is 6.42 Å². The Morgan fingerprint density at radius 2 is 1.74 bits per heavy atom. The zero-order valence-electron chi connectivity index (χ0n) is 9.53. The molecular formula is C13H8Cl3NO2. The highest BCUT2D eigenvalue weighted by atomic mass is 35.5. The zero-order valence-corrected chi connectivity index (χ0v) is 11.8. The summed E-state index contributed by atoms with van der Waals surface area (Å²) in [4.78, 5) is 14.9. The lowest BCUT2D eigenvalue weighted by Gasteiger charge is -2.12. The predicted octanol–water partition coefficient (Wildman–Crippen LogP) is 4.34. The van der Waals surface area contributed by atoms with Crippen LogP contribution >= 0.6 is 34.8 Å². The molecule has 0 aliphatic heterocycles. The fraction of sp³-hybridized carbons (Fsp3) is 0.0769. The van der Waals surface area contributed by atoms with Crippen LogP contribution in [-0.2, 0) is 11.2 Å². The summed E-state index contributed by atoms with van der Waals surface area (Å²) in [5.74, 6) is -0.966. The number of aromatic nitrogens is 1. The molecule has 98 valence electrons. The highest BCUT2D eigenvalue weighted by Crippen LogP contribution is 2.39. The second-order valence-corrected chi connectivity index (χ2v) is 4.98. The molecule has 1 N–H and O–H groups in total. The topological polar surface area (TPSA) is 50.2 Å². The molecule has 0 spiro atoms. The first kappa shape index (κ1) is 14.1. The number of hydrogen-bond acceptors (Lipinski definition) is 2. The van der Waals surface area contributed by atoms with Gasteiger partial charge in [0.2, 0.25) is 0 Å². The summed E-state index contributed by atoms with van der Waals surface area (Å²) in [5, 5.41) is 9.91. The van der Waals surface area contributed by atoms with Crippen molar-refractivity contribution < 1.29 is 9.90 Å². The Kier molecular flexibility index (Phi) is 4.30. The molecular weight excluding hydrogens is 309 g/mol. The number of rotatable bonds is 3. The van der Waals surface area contributed by atoms with Gasteiger partial charge in [0, 0.05) is 17.3 Å². The summed E-state index contributed by atoms with van der Waals surface area (Å²) in [7, 11) is 0. The van der Waals surface area contributed by atoms with E-state index in [0.29, 0.717) is 26.7 Å². The Labute approximate surface area is 124 Å². The minimum atomic E-state index is -0.966. The fourth-order valence-electron chi connectivity index (χ4n) is 1.78. The quantitative estimate of drug-likeness (QED) is 0.857. The molecule has 19 heavy (non-hydrogen) atoms. The average molecular weight is 317 g/mol. The molecule has 0 aliphatic carbocycles. The standard InChI is InChI=1S/C13H8Cl3NO2/c14-8-2-1-3-9(15)12(8)11-7(6-10(18)19)4-5-17-13(11)16/h1-5H,6H2,(H,18,19). The number of benzene rings is 1. The zero-order chi connectivity index (χ0) is 14.0. The number of carbonyl (C=O) groups is 1. The first-order valence-corrected chi connectivity index (χ1v) is 6.43. The summed E-state index contributed by atoms with van der Waals surface area (Å²) in [6.45, 7) is 0. The van der Waals surface area contributed by atoms with Crippen LogP contribution in [0.15, 0.2) is 30.5 Å². The molecule has 0 aliphatic rings. The number of carboxylic acids is 1. The third-order valence-corrected chi connectivity index (χ3v) is 3.46. The van der Waals surface area contributed by atoms with Crippen LogP contribution in [0.2, 0.25) is 15.2 Å². The van der Waals surface area contributed by atoms with E-state index in [2.05, 4.69) is 4.98 Å². The van der Waals surface area contributed by atoms with Crippen molar-refractivity contribution in [2.75, 3.05) is 0 Å². The fourth-order valence-corrected chi connectivity index (χ4v) is 2.64. The van der Waals surface area contributed by atoms with Crippen molar-refractivity contribution in [2.24, 2.45) is 0 Å². The van der Waals surface area contributed by atoms with Gasteiger partial charge >= 0.3 is 5.97 Å². The van der Waals surface area contributed by atoms with Crippen LogP contribution in [0.5, 0.6) is 0 Å². The van der Waals surface area contributed by atoms with E-state index in [1.54, 1.807) is 24.3 Å². The summed E-state index contributed by atoms with van der Waals surface area (Å²) in [5.41, 5.74) is 1.48. The molecule has 1 heterocycles. The number of hydrogen-bond donors (Lipinski definition) is 1. The van der Waals surface area contributed by atoms with Crippen molar-refractivity contribution >= 4 is 40.8 Å². The van der Waals surface area contributed by atoms with Crippen molar-refractivity contribution in [1.29, 1.82) is 0 Å². The van der Waals surface area contributed by atoms with Gasteiger partial charge in [-0.2, -0.15) is 0 Å². The summed E-state index contributed by atoms with van der Waals surface area (Å²) in [6.07, 6.45) is 1.27. The smallest absolute Gasteiger partial charge is 0.307 e. The third kappa shape index (κ3) is 3.00. The molecule has 2 rings (SSSR count). The molecule has 0 fully saturated rings. The largest absolute Gasteiger partial charge is 0.481 e. The number of halogens is 3. The number of carboxylic acid groups (broad SMARTS) is 1. The Balaban J connectivity index is 2.70. The molecule has 0 amide bonds. The molecule has 0 atom stereocenters. The van der Waals surface area contributed by atoms with Gasteiger partial charge < -0.3 is 5.11 Å². The van der Waals surface area contributed by atoms with Gasteiger partial charge in [0.05, 0.1) is 16.5 Å². The molecule has 0 radical (unpaired) electrons. The second-order valence-electron chi connectivity index (χ2n) is 3.80. The van der Waals surface area contributed by atoms with Crippen LogP contribution in [0.3, 0.4) is 0 Å². The van der Waals surface area contributed by atoms with Gasteiger partial charge in [-0.05, 0) is 23.8 Å². The molecule has 0 unspecified atom stereocenters. The average Bonchev–Trinajstić information content (AvgIpc) is 2.31. The van der Waals surface area contributed by atoms with Crippen LogP contribution in [0.4, 0.5) is 0 Å². The van der Waals surface area contributed by atoms with E-state index in [1.807, 2.05) is 0 Å². The second kappa shape index (κ2) is 5.78. The van der Waals surface area contributed by atoms with E-state index in [0.717, 1.165) is 0 Å². The van der Waals surface area contributed by atoms with Gasteiger partial charge in [0.25, 0.3) is 0 Å². The maximum Gasteiger partial charge on any atom is 0.307 e. The summed E-state index contributed by atoms with van der Waals surface area (Å²) in [6, 6.07) is 6.62. The van der Waals surface area contributed by atoms with Crippen LogP contribution in [0.25, 0.3) is 11.1 Å². The molecule has 0 saturated carbocycles. The van der Waals surface area contributed by atoms with E-state index >= 15 is 0 Å². The Hall–Kier alpha value is -1.29. The highest BCUT2D eigenvalue weighted by molar-refractivity contribution is 6.41. The molecule has 6 heteroatoms. The molecule has 2 aromatic rings. The van der Waals surface area contributed by atoms with Crippen LogP contribution in [0, 0.1) is 0 Å². The Bertz CT molecular complexity index is 624. The van der Waals surface area contributed by atoms with Crippen LogP contribution in [-0.4, -0.2) is 16.1 Å². The van der Waals surface area contributed by atoms with E-state index < -0.39 is 5.97 Å². The minimum absolute atomic E-state index is 0.175. The first-order chi connectivity index (χ1) is 9.00. The van der Waals surface area contributed by atoms with Gasteiger partial charge in [-0.25, -0.2) is 4.98 Å². The van der Waals surface area contributed by atoms with Crippen molar-refractivity contribution in [3.63, 3.8) is 0 Å². The molecule has 0 bridgehead atoms. The molecule has 1 aromatic carbocycles. The summed E-state index contributed by atoms with van der Waals surface area (Å²) >= 11 is 18.3. The predicted molar refractivity (Wildman–Crippen MR) is 76.0 cm³/mol. The SMILES string of the molecule is O=C(O)Cc1ccnc(Cl)c1-c1c(Cl)cccc1Cl. The van der Waals surface area contributed by atoms with Gasteiger partial charge in [-0.1, -0.05) is 40.9 Å². The number of aliphatic carboxylic acids is 1. The monoisotopic (exact) mass is 315 g/mol. The van der Waals surface area contributed by atoms with E-state index in [-0.39, 0.29) is 11.6 Å². The van der Waals surface area contributed by atoms with Crippen molar-refractivity contribution in [1.82, 2.24) is 4.98 Å². The van der Waals surface area contributed by atoms with Crippen molar-refractivity contribution in [3.05, 3.63) is 51.2 Å². The first-order valence-electron chi connectivity index (χ1n) is 5.30. The Morgan fingerprint density at radius 1 is 1.11 bits per heavy atom. The van der Waals surface area contributed by atoms with Gasteiger partial charge in [-0.3, -0.25) is 4.79 Å². The molecule has 1 aromatic heterocycles. The maximum atomic E-state index is 10.9. The normalized spacial score (nSPS) is 10.5. The maximum absolute atomic E-state index is 10.9. The van der Waals surface area contributed by atoms with Crippen molar-refractivity contribution in [3.8, 4) is 11.1 Å². The number of pyridine rings is 1. The van der Waals surface area contributed by atoms with E-state index in [1.165, 1.54) is 6.20 Å². The van der Waals surface area contributed by atoms with Crippen LogP contribution in [0.1, 0.15) is 5.56 Å². The van der Waals surface area contributed by atoms with E-state index in [9.17, 15) is 4.79 Å². The van der Waals surface area contributed by atoms with Crippen LogP contribution < -0.4 is 0 Å². The number of nitrogens with zero attached hydrogens (tertiary/aromatic N) is 1. The van der Waals surface area contributed by atoms with Gasteiger partial charge in [0.15, 0.2) is 0 Å². The highest BCUT2D eigenvalue weighted by Gasteiger charge is 2.18. The molecule has 0 saturated heterocycles. The van der Waals surface area contributed by atoms with E-state index in [4.69, 9.17) is 39.9 Å². The third-order valence-electron chi connectivity index (χ3n) is 2.55. The van der Waals surface area contributed by atoms with Gasteiger partial charge in [0.1, 0.15) is 5.15 Å². The minimum Gasteiger partial charge on any atom is -0.481 e. The molecule has 3 nitrogen and oxygen atoms in total. The Morgan fingerprint density at radius 3 is 2.32 bits per heavy atom. The lowest BCUT2D eigenvalue weighted by atomic mass is 10.00. The summed E-state index contributed by atoms with van der Waals surface area (Å²) < 4.78 is 0. The van der Waals surface area contributed by atoms with Gasteiger partial charge in [-0.15, -0.1) is 0 Å².